The highest BCUT2D eigenvalue weighted by molar-refractivity contribution is 7.89. The highest BCUT2D eigenvalue weighted by Crippen LogP contribution is 2.29. The molecule has 35 heavy (non-hydrogen) atoms. The molecule has 0 spiro atoms. The van der Waals surface area contributed by atoms with Crippen molar-refractivity contribution in [3.63, 3.8) is 0 Å². The van der Waals surface area contributed by atoms with Gasteiger partial charge < -0.3 is 10.1 Å². The van der Waals surface area contributed by atoms with Gasteiger partial charge in [-0.25, -0.2) is 13.1 Å². The number of fused-ring (bicyclic) bond motifs is 1. The van der Waals surface area contributed by atoms with Gasteiger partial charge in [0.2, 0.25) is 10.0 Å². The van der Waals surface area contributed by atoms with Gasteiger partial charge in [-0.2, -0.15) is 0 Å². The molecule has 0 aromatic heterocycles. The number of rotatable bonds is 8. The summed E-state index contributed by atoms with van der Waals surface area (Å²) in [5.41, 5.74) is 3.33. The molecule has 1 aliphatic rings. The van der Waals surface area contributed by atoms with Gasteiger partial charge in [-0.05, 0) is 58.6 Å². The normalized spacial score (nSPS) is 18.5. The molecular formula is C29H30N2O3S. The third-order valence-corrected chi connectivity index (χ3v) is 8.05. The summed E-state index contributed by atoms with van der Waals surface area (Å²) >= 11 is 0. The summed E-state index contributed by atoms with van der Waals surface area (Å²) in [6, 6.07) is 31.5. The van der Waals surface area contributed by atoms with Crippen molar-refractivity contribution < 1.29 is 13.2 Å². The lowest BCUT2D eigenvalue weighted by molar-refractivity contribution is 0.0106. The van der Waals surface area contributed by atoms with Gasteiger partial charge in [0.05, 0.1) is 17.6 Å². The van der Waals surface area contributed by atoms with Gasteiger partial charge in [0, 0.05) is 19.0 Å². The van der Waals surface area contributed by atoms with Crippen molar-refractivity contribution in [1.82, 2.24) is 10.0 Å². The van der Waals surface area contributed by atoms with E-state index < -0.39 is 10.0 Å². The Morgan fingerprint density at radius 3 is 2.34 bits per heavy atom. The Hall–Kier alpha value is -3.03. The van der Waals surface area contributed by atoms with Crippen LogP contribution in [0.4, 0.5) is 0 Å². The van der Waals surface area contributed by atoms with E-state index in [4.69, 9.17) is 4.74 Å². The van der Waals surface area contributed by atoms with E-state index in [0.29, 0.717) is 12.5 Å². The third-order valence-electron chi connectivity index (χ3n) is 6.63. The fourth-order valence-electron chi connectivity index (χ4n) is 4.66. The summed E-state index contributed by atoms with van der Waals surface area (Å²) in [4.78, 5) is 0.276. The van der Waals surface area contributed by atoms with Crippen LogP contribution in [0.5, 0.6) is 0 Å². The first-order valence-corrected chi connectivity index (χ1v) is 13.5. The van der Waals surface area contributed by atoms with Crippen LogP contribution >= 0.6 is 0 Å². The molecule has 1 aliphatic heterocycles. The van der Waals surface area contributed by atoms with Gasteiger partial charge >= 0.3 is 0 Å². The van der Waals surface area contributed by atoms with Gasteiger partial charge in [0.15, 0.2) is 0 Å². The molecule has 4 aromatic carbocycles. The van der Waals surface area contributed by atoms with Crippen LogP contribution in [-0.4, -0.2) is 27.6 Å². The van der Waals surface area contributed by atoms with Crippen LogP contribution in [0, 0.1) is 0 Å². The van der Waals surface area contributed by atoms with Crippen LogP contribution in [0.1, 0.15) is 29.0 Å². The summed E-state index contributed by atoms with van der Waals surface area (Å²) in [5, 5.41) is 5.93. The SMILES string of the molecule is O=S(=O)(NCc1ccc([C@@H]2CCNC[C@H]2OCc2ccc3ccccc3c2)cc1)c1ccccc1. The highest BCUT2D eigenvalue weighted by Gasteiger charge is 2.27. The van der Waals surface area contributed by atoms with E-state index >= 15 is 0 Å². The van der Waals surface area contributed by atoms with Crippen LogP contribution in [0.3, 0.4) is 0 Å². The van der Waals surface area contributed by atoms with Gasteiger partial charge in [-0.15, -0.1) is 0 Å². The van der Waals surface area contributed by atoms with Crippen molar-refractivity contribution in [2.45, 2.75) is 36.5 Å². The molecule has 2 atom stereocenters. The van der Waals surface area contributed by atoms with E-state index in [0.717, 1.165) is 25.1 Å². The summed E-state index contributed by atoms with van der Waals surface area (Å²) in [6.45, 7) is 2.61. The minimum Gasteiger partial charge on any atom is -0.372 e. The third kappa shape index (κ3) is 5.80. The second-order valence-corrected chi connectivity index (χ2v) is 10.8. The molecule has 0 radical (unpaired) electrons. The van der Waals surface area contributed by atoms with Gasteiger partial charge in [-0.3, -0.25) is 0 Å². The summed E-state index contributed by atoms with van der Waals surface area (Å²) < 4.78 is 34.1. The smallest absolute Gasteiger partial charge is 0.240 e. The lowest BCUT2D eigenvalue weighted by atomic mass is 9.87. The zero-order chi connectivity index (χ0) is 24.1. The van der Waals surface area contributed by atoms with E-state index in [9.17, 15) is 8.42 Å². The van der Waals surface area contributed by atoms with Gasteiger partial charge in [0.1, 0.15) is 0 Å². The maximum Gasteiger partial charge on any atom is 0.240 e. The van der Waals surface area contributed by atoms with Crippen molar-refractivity contribution >= 4 is 20.8 Å². The second kappa shape index (κ2) is 10.7. The monoisotopic (exact) mass is 486 g/mol. The average molecular weight is 487 g/mol. The molecule has 0 saturated carbocycles. The first-order valence-electron chi connectivity index (χ1n) is 12.0. The van der Waals surface area contributed by atoms with E-state index in [1.165, 1.54) is 21.9 Å². The predicted molar refractivity (Wildman–Crippen MR) is 140 cm³/mol. The molecule has 0 aliphatic carbocycles. The van der Waals surface area contributed by atoms with Crippen LogP contribution in [-0.2, 0) is 27.9 Å². The number of sulfonamides is 1. The fourth-order valence-corrected chi connectivity index (χ4v) is 5.70. The molecule has 2 N–H and O–H groups in total. The van der Waals surface area contributed by atoms with E-state index in [2.05, 4.69) is 64.6 Å². The first kappa shape index (κ1) is 23.7. The minimum atomic E-state index is -3.52. The largest absolute Gasteiger partial charge is 0.372 e. The standard InChI is InChI=1S/C29H30N2O3S/c32-35(33,27-8-2-1-3-9-27)31-19-22-10-14-25(15-11-22)28-16-17-30-20-29(28)34-21-23-12-13-24-6-4-5-7-26(24)18-23/h1-15,18,28-31H,16-17,19-21H2/t28-,29+/m0/s1. The van der Waals surface area contributed by atoms with Crippen molar-refractivity contribution in [3.05, 3.63) is 114 Å². The molecule has 6 heteroatoms. The molecule has 0 amide bonds. The first-order chi connectivity index (χ1) is 17.1. The number of ether oxygens (including phenoxy) is 1. The molecule has 5 nitrogen and oxygen atoms in total. The molecule has 1 heterocycles. The van der Waals surface area contributed by atoms with E-state index in [1.807, 2.05) is 12.1 Å². The Bertz CT molecular complexity index is 1370. The fraction of sp³-hybridized carbons (Fsp3) is 0.241. The van der Waals surface area contributed by atoms with Gasteiger partial charge in [0.25, 0.3) is 0 Å². The molecular weight excluding hydrogens is 456 g/mol. The maximum absolute atomic E-state index is 12.5. The molecule has 180 valence electrons. The minimum absolute atomic E-state index is 0.0812. The lowest BCUT2D eigenvalue weighted by Gasteiger charge is -2.32. The predicted octanol–water partition coefficient (Wildman–Crippen LogP) is 4.98. The molecule has 0 unspecified atom stereocenters. The van der Waals surface area contributed by atoms with Crippen molar-refractivity contribution in [2.24, 2.45) is 0 Å². The Morgan fingerprint density at radius 2 is 1.54 bits per heavy atom. The molecule has 4 aromatic rings. The Morgan fingerprint density at radius 1 is 0.829 bits per heavy atom. The topological polar surface area (TPSA) is 67.4 Å². The molecule has 5 rings (SSSR count). The van der Waals surface area contributed by atoms with Crippen molar-refractivity contribution in [1.29, 1.82) is 0 Å². The quantitative estimate of drug-likeness (QED) is 0.369. The molecule has 0 bridgehead atoms. The zero-order valence-electron chi connectivity index (χ0n) is 19.6. The zero-order valence-corrected chi connectivity index (χ0v) is 20.4. The van der Waals surface area contributed by atoms with Crippen molar-refractivity contribution in [3.8, 4) is 0 Å². The maximum atomic E-state index is 12.5. The number of hydrogen-bond acceptors (Lipinski definition) is 4. The van der Waals surface area contributed by atoms with Crippen LogP contribution < -0.4 is 10.0 Å². The van der Waals surface area contributed by atoms with Crippen molar-refractivity contribution in [2.75, 3.05) is 13.1 Å². The Balaban J connectivity index is 1.22. The Kier molecular flexibility index (Phi) is 7.25. The number of nitrogens with one attached hydrogen (secondary N) is 2. The molecule has 1 fully saturated rings. The summed E-state index contributed by atoms with van der Waals surface area (Å²) in [7, 11) is -3.52. The number of benzene rings is 4. The van der Waals surface area contributed by atoms with E-state index in [1.54, 1.807) is 30.3 Å². The summed E-state index contributed by atoms with van der Waals surface area (Å²) in [6.07, 6.45) is 1.08. The summed E-state index contributed by atoms with van der Waals surface area (Å²) in [5.74, 6) is 0.298. The highest BCUT2D eigenvalue weighted by atomic mass is 32.2. The van der Waals surface area contributed by atoms with E-state index in [-0.39, 0.29) is 17.5 Å². The van der Waals surface area contributed by atoms with Crippen LogP contribution in [0.25, 0.3) is 10.8 Å². The molecule has 1 saturated heterocycles. The van der Waals surface area contributed by atoms with Crippen LogP contribution in [0.2, 0.25) is 0 Å². The number of piperidine rings is 1. The second-order valence-electron chi connectivity index (χ2n) is 9.01. The Labute approximate surface area is 207 Å². The van der Waals surface area contributed by atoms with Gasteiger partial charge in [-0.1, -0.05) is 78.9 Å². The number of hydrogen-bond donors (Lipinski definition) is 2. The lowest BCUT2D eigenvalue weighted by Crippen LogP contribution is -2.41. The average Bonchev–Trinajstić information content (AvgIpc) is 2.92. The van der Waals surface area contributed by atoms with Crippen LogP contribution in [0.15, 0.2) is 102 Å².